The summed E-state index contributed by atoms with van der Waals surface area (Å²) in [6, 6.07) is 8.17. The molecule has 0 unspecified atom stereocenters. The molecule has 0 saturated carbocycles. The molecule has 0 aliphatic carbocycles. The van der Waals surface area contributed by atoms with Gasteiger partial charge in [0.05, 0.1) is 6.61 Å². The second-order valence-electron chi connectivity index (χ2n) is 2.61. The fourth-order valence-corrected chi connectivity index (χ4v) is 1.10. The molecule has 12 heavy (non-hydrogen) atoms. The van der Waals surface area contributed by atoms with E-state index in [1.165, 1.54) is 5.56 Å². The number of rotatable bonds is 4. The van der Waals surface area contributed by atoms with Crippen LogP contribution in [0, 0.1) is 6.42 Å². The van der Waals surface area contributed by atoms with Crippen molar-refractivity contribution < 1.29 is 4.74 Å². The first-order valence-electron chi connectivity index (χ1n) is 4.43. The monoisotopic (exact) mass is 163 g/mol. The van der Waals surface area contributed by atoms with Crippen molar-refractivity contribution in [3.8, 4) is 5.75 Å². The van der Waals surface area contributed by atoms with E-state index in [1.807, 2.05) is 19.1 Å². The molecule has 65 valence electrons. The third-order valence-electron chi connectivity index (χ3n) is 1.63. The zero-order valence-electron chi connectivity index (χ0n) is 7.71. The van der Waals surface area contributed by atoms with Crippen LogP contribution >= 0.6 is 0 Å². The van der Waals surface area contributed by atoms with E-state index in [9.17, 15) is 0 Å². The molecule has 1 rings (SSSR count). The summed E-state index contributed by atoms with van der Waals surface area (Å²) in [7, 11) is 0. The molecule has 0 atom stereocenters. The van der Waals surface area contributed by atoms with Gasteiger partial charge in [0.25, 0.3) is 0 Å². The molecule has 0 spiro atoms. The number of ether oxygens (including phenoxy) is 1. The van der Waals surface area contributed by atoms with Crippen molar-refractivity contribution in [1.82, 2.24) is 0 Å². The normalized spacial score (nSPS) is 9.83. The minimum Gasteiger partial charge on any atom is -0.494 e. The van der Waals surface area contributed by atoms with Crippen LogP contribution in [0.15, 0.2) is 24.3 Å². The predicted molar refractivity (Wildman–Crippen MR) is 51.3 cm³/mol. The summed E-state index contributed by atoms with van der Waals surface area (Å²) < 4.78 is 5.33. The van der Waals surface area contributed by atoms with Crippen molar-refractivity contribution in [1.29, 1.82) is 0 Å². The molecule has 0 aromatic heterocycles. The highest BCUT2D eigenvalue weighted by atomic mass is 16.5. The molecule has 0 bridgehead atoms. The fraction of sp³-hybridized carbons (Fsp3) is 0.364. The lowest BCUT2D eigenvalue weighted by atomic mass is 10.1. The standard InChI is InChI=1S/C11H15O/c1-3-5-10-6-8-11(9-7-10)12-4-2/h5-9H,3-4H2,1-2H3. The average molecular weight is 163 g/mol. The summed E-state index contributed by atoms with van der Waals surface area (Å²) in [4.78, 5) is 0. The van der Waals surface area contributed by atoms with Crippen LogP contribution in [0.3, 0.4) is 0 Å². The summed E-state index contributed by atoms with van der Waals surface area (Å²) in [6.07, 6.45) is 3.27. The van der Waals surface area contributed by atoms with E-state index in [1.54, 1.807) is 0 Å². The second kappa shape index (κ2) is 4.81. The van der Waals surface area contributed by atoms with Gasteiger partial charge in [-0.3, -0.25) is 0 Å². The average Bonchev–Trinajstić information content (AvgIpc) is 2.09. The molecule has 0 fully saturated rings. The highest BCUT2D eigenvalue weighted by Crippen LogP contribution is 2.13. The van der Waals surface area contributed by atoms with Crippen LogP contribution in [-0.4, -0.2) is 6.61 Å². The van der Waals surface area contributed by atoms with Gasteiger partial charge < -0.3 is 4.74 Å². The van der Waals surface area contributed by atoms with E-state index in [0.717, 1.165) is 18.8 Å². The van der Waals surface area contributed by atoms with E-state index in [-0.39, 0.29) is 0 Å². The Bertz CT molecular complexity index is 188. The quantitative estimate of drug-likeness (QED) is 0.663. The molecule has 1 radical (unpaired) electrons. The summed E-state index contributed by atoms with van der Waals surface area (Å²) in [5.41, 5.74) is 1.26. The van der Waals surface area contributed by atoms with Crippen LogP contribution in [0.4, 0.5) is 0 Å². The molecule has 0 aliphatic rings. The molecule has 1 nitrogen and oxygen atoms in total. The summed E-state index contributed by atoms with van der Waals surface area (Å²) >= 11 is 0. The summed E-state index contributed by atoms with van der Waals surface area (Å²) in [6.45, 7) is 4.86. The Morgan fingerprint density at radius 3 is 2.33 bits per heavy atom. The lowest BCUT2D eigenvalue weighted by Crippen LogP contribution is -1.90. The molecule has 0 N–H and O–H groups in total. The molecule has 0 saturated heterocycles. The van der Waals surface area contributed by atoms with Crippen LogP contribution < -0.4 is 4.74 Å². The Morgan fingerprint density at radius 2 is 1.83 bits per heavy atom. The van der Waals surface area contributed by atoms with Gasteiger partial charge in [-0.2, -0.15) is 0 Å². The van der Waals surface area contributed by atoms with Crippen LogP contribution in [0.5, 0.6) is 5.75 Å². The van der Waals surface area contributed by atoms with Crippen molar-refractivity contribution in [2.24, 2.45) is 0 Å². The first kappa shape index (κ1) is 9.11. The zero-order valence-corrected chi connectivity index (χ0v) is 7.71. The van der Waals surface area contributed by atoms with Gasteiger partial charge >= 0.3 is 0 Å². The molecule has 0 amide bonds. The molecule has 1 heteroatoms. The Labute approximate surface area is 74.4 Å². The van der Waals surface area contributed by atoms with Crippen LogP contribution in [0.1, 0.15) is 25.8 Å². The summed E-state index contributed by atoms with van der Waals surface area (Å²) in [5.74, 6) is 0.950. The third-order valence-corrected chi connectivity index (χ3v) is 1.63. The van der Waals surface area contributed by atoms with Crippen molar-refractivity contribution in [2.45, 2.75) is 20.3 Å². The lowest BCUT2D eigenvalue weighted by molar-refractivity contribution is 0.340. The molecule has 0 aliphatic heterocycles. The van der Waals surface area contributed by atoms with Gasteiger partial charge in [-0.05, 0) is 37.5 Å². The minimum atomic E-state index is 0.733. The maximum absolute atomic E-state index is 5.33. The zero-order chi connectivity index (χ0) is 8.81. The molecule has 1 aromatic carbocycles. The van der Waals surface area contributed by atoms with E-state index < -0.39 is 0 Å². The van der Waals surface area contributed by atoms with Crippen LogP contribution in [-0.2, 0) is 0 Å². The first-order valence-corrected chi connectivity index (χ1v) is 4.43. The topological polar surface area (TPSA) is 9.23 Å². The number of benzene rings is 1. The maximum Gasteiger partial charge on any atom is 0.119 e. The number of hydrogen-bond donors (Lipinski definition) is 0. The maximum atomic E-state index is 5.33. The van der Waals surface area contributed by atoms with Gasteiger partial charge in [0.2, 0.25) is 0 Å². The van der Waals surface area contributed by atoms with Gasteiger partial charge in [-0.25, -0.2) is 0 Å². The van der Waals surface area contributed by atoms with Gasteiger partial charge in [-0.1, -0.05) is 19.1 Å². The van der Waals surface area contributed by atoms with Crippen molar-refractivity contribution >= 4 is 0 Å². The van der Waals surface area contributed by atoms with E-state index >= 15 is 0 Å². The van der Waals surface area contributed by atoms with E-state index in [4.69, 9.17) is 4.74 Å². The molecule has 1 aromatic rings. The van der Waals surface area contributed by atoms with Crippen molar-refractivity contribution in [2.75, 3.05) is 6.61 Å². The Morgan fingerprint density at radius 1 is 1.17 bits per heavy atom. The van der Waals surface area contributed by atoms with Crippen molar-refractivity contribution in [3.05, 3.63) is 36.2 Å². The third kappa shape index (κ3) is 2.57. The Kier molecular flexibility index (Phi) is 3.65. The molecular formula is C11H15O. The van der Waals surface area contributed by atoms with Gasteiger partial charge in [0, 0.05) is 0 Å². The van der Waals surface area contributed by atoms with E-state index in [2.05, 4.69) is 25.5 Å². The first-order chi connectivity index (χ1) is 5.86. The Hall–Kier alpha value is -0.980. The van der Waals surface area contributed by atoms with Gasteiger partial charge in [0.15, 0.2) is 0 Å². The number of hydrogen-bond acceptors (Lipinski definition) is 1. The fourth-order valence-electron chi connectivity index (χ4n) is 1.10. The van der Waals surface area contributed by atoms with E-state index in [0.29, 0.717) is 0 Å². The smallest absolute Gasteiger partial charge is 0.119 e. The lowest BCUT2D eigenvalue weighted by Gasteiger charge is -2.03. The second-order valence-corrected chi connectivity index (χ2v) is 2.61. The van der Waals surface area contributed by atoms with Crippen molar-refractivity contribution in [3.63, 3.8) is 0 Å². The van der Waals surface area contributed by atoms with Crippen LogP contribution in [0.25, 0.3) is 0 Å². The molecule has 0 heterocycles. The largest absolute Gasteiger partial charge is 0.494 e. The predicted octanol–water partition coefficient (Wildman–Crippen LogP) is 3.05. The molecular weight excluding hydrogens is 148 g/mol. The van der Waals surface area contributed by atoms with Crippen LogP contribution in [0.2, 0.25) is 0 Å². The van der Waals surface area contributed by atoms with Gasteiger partial charge in [-0.15, -0.1) is 0 Å². The van der Waals surface area contributed by atoms with Gasteiger partial charge in [0.1, 0.15) is 5.75 Å². The minimum absolute atomic E-state index is 0.733. The summed E-state index contributed by atoms with van der Waals surface area (Å²) in [5, 5.41) is 0. The highest BCUT2D eigenvalue weighted by molar-refractivity contribution is 5.30. The highest BCUT2D eigenvalue weighted by Gasteiger charge is 1.92. The SMILES string of the molecule is CC[CH]c1ccc(OCC)cc1. The Balaban J connectivity index is 2.58.